The van der Waals surface area contributed by atoms with Crippen LogP contribution in [0.25, 0.3) is 169 Å². The zero-order valence-electron chi connectivity index (χ0n) is 63.1. The lowest BCUT2D eigenvalue weighted by Crippen LogP contribution is -2.06. The molecule has 5 aromatic heterocycles. The van der Waals surface area contributed by atoms with Crippen molar-refractivity contribution in [3.05, 3.63) is 369 Å². The second-order valence-electron chi connectivity index (χ2n) is 26.7. The molecule has 0 fully saturated rings. The quantitative estimate of drug-likeness (QED) is 0.132. The molecule has 3 aliphatic rings. The summed E-state index contributed by atoms with van der Waals surface area (Å²) in [5.41, 5.74) is 25.6. The van der Waals surface area contributed by atoms with Crippen molar-refractivity contribution in [3.8, 4) is 96.0 Å². The van der Waals surface area contributed by atoms with E-state index in [-0.39, 0.29) is 35.8 Å². The van der Waals surface area contributed by atoms with E-state index >= 15 is 0 Å². The summed E-state index contributed by atoms with van der Waals surface area (Å²) in [7, 11) is 0. The Balaban J connectivity index is 0.000000109. The van der Waals surface area contributed by atoms with Gasteiger partial charge in [0.1, 0.15) is 28.9 Å². The average molecular weight is 1450 g/mol. The van der Waals surface area contributed by atoms with E-state index in [2.05, 4.69) is 285 Å². The Bertz CT molecular complexity index is 7280. The van der Waals surface area contributed by atoms with E-state index in [4.69, 9.17) is 31.8 Å². The lowest BCUT2D eigenvalue weighted by molar-refractivity contribution is 1.03. The molecule has 0 aliphatic carbocycles. The van der Waals surface area contributed by atoms with Crippen LogP contribution < -0.4 is 0 Å². The Morgan fingerprint density at radius 3 is 1.22 bits per heavy atom. The Labute approximate surface area is 647 Å². The number of fused-ring (bicyclic) bond motifs is 11. The van der Waals surface area contributed by atoms with Crippen LogP contribution in [-0.2, 0) is 0 Å². The molecule has 20 aromatic rings. The van der Waals surface area contributed by atoms with Gasteiger partial charge in [-0.05, 0) is 129 Å². The molecule has 0 amide bonds. The van der Waals surface area contributed by atoms with Gasteiger partial charge in [0.05, 0.1) is 73.6 Å². The maximum atomic E-state index is 8.30. The molecule has 0 bridgehead atoms. The van der Waals surface area contributed by atoms with E-state index in [0.29, 0.717) is 5.56 Å². The standard InChI is InChI=1S/C37H24N2S.C33H19N5S.C27H18N2S/c1-3-9-25(10-4-1)26-17-19-27(20-18-26)28-21-23-29(24-22-28)31-13-7-15-33-36(31)40-34-16-8-14-32-35(34)39(33)37(38-32)30-11-5-2-6-12-30;1-2-10-20(11-3-1)31-36-25-16-9-19-28-29(25)37(31)27-18-8-13-22(30(27)39-28)33-34-23-14-5-4-12-21(23)32-35-24-15-6-7-17-26(24)38(32)33;1-3-9-19(10-4-1)17-18-20-13-7-15-23-26(20)30-24-16-8-14-22-25(24)29(23)27(28-22)21-11-5-2-6-12-21/h1-24H;1-19H;1-18H/b;;18-17+/i1D,3D,4D,9D,10D;;. The molecule has 0 saturated carbocycles. The Hall–Kier alpha value is -13.4. The first kappa shape index (κ1) is 58.9. The summed E-state index contributed by atoms with van der Waals surface area (Å²) >= 11 is 5.41. The molecule has 109 heavy (non-hydrogen) atoms. The molecule has 512 valence electrons. The number of hydrogen-bond acceptors (Lipinski definition) is 8. The number of aromatic nitrogens is 9. The normalized spacial score (nSPS) is 12.9. The molecule has 3 aliphatic heterocycles. The van der Waals surface area contributed by atoms with Crippen LogP contribution >= 0.6 is 35.3 Å². The highest BCUT2D eigenvalue weighted by atomic mass is 32.2. The van der Waals surface area contributed by atoms with Crippen LogP contribution in [0.15, 0.2) is 387 Å². The fraction of sp³-hybridized carbons (Fsp3) is 0. The smallest absolute Gasteiger partial charge is 0.149 e. The molecule has 8 heterocycles. The molecule has 0 unspecified atom stereocenters. The highest BCUT2D eigenvalue weighted by Gasteiger charge is 2.31. The lowest BCUT2D eigenvalue weighted by atomic mass is 9.98. The average Bonchev–Trinajstić information content (AvgIpc) is 1.48. The van der Waals surface area contributed by atoms with E-state index in [9.17, 15) is 0 Å². The van der Waals surface area contributed by atoms with E-state index in [1.807, 2.05) is 84.6 Å². The molecule has 0 saturated heterocycles. The topological polar surface area (TPSA) is 83.6 Å². The van der Waals surface area contributed by atoms with Gasteiger partial charge in [-0.2, -0.15) is 0 Å². The molecule has 12 heteroatoms. The van der Waals surface area contributed by atoms with E-state index in [1.54, 1.807) is 23.5 Å². The van der Waals surface area contributed by atoms with Crippen molar-refractivity contribution in [2.75, 3.05) is 0 Å². The van der Waals surface area contributed by atoms with E-state index in [1.165, 1.54) is 46.8 Å². The van der Waals surface area contributed by atoms with Crippen molar-refractivity contribution in [1.82, 2.24) is 43.0 Å². The van der Waals surface area contributed by atoms with Gasteiger partial charge in [-0.3, -0.25) is 18.1 Å². The first-order valence-electron chi connectivity index (χ1n) is 38.5. The molecule has 23 rings (SSSR count). The first-order chi connectivity index (χ1) is 56.1. The van der Waals surface area contributed by atoms with Crippen molar-refractivity contribution in [2.24, 2.45) is 0 Å². The minimum atomic E-state index is -0.386. The lowest BCUT2D eigenvalue weighted by Gasteiger charge is -2.23. The second kappa shape index (κ2) is 26.9. The number of hydrogen-bond donors (Lipinski definition) is 0. The van der Waals surface area contributed by atoms with Crippen LogP contribution in [0.4, 0.5) is 0 Å². The molecule has 0 radical (unpaired) electrons. The van der Waals surface area contributed by atoms with Gasteiger partial charge in [-0.25, -0.2) is 24.9 Å². The third-order valence-electron chi connectivity index (χ3n) is 20.2. The van der Waals surface area contributed by atoms with Gasteiger partial charge in [-0.15, -0.1) is 0 Å². The number of para-hydroxylation sites is 6. The van der Waals surface area contributed by atoms with Crippen LogP contribution in [0, 0.1) is 0 Å². The number of rotatable bonds is 9. The van der Waals surface area contributed by atoms with Crippen LogP contribution in [-0.4, -0.2) is 43.0 Å². The van der Waals surface area contributed by atoms with E-state index < -0.39 is 0 Å². The van der Waals surface area contributed by atoms with Gasteiger partial charge < -0.3 is 0 Å². The zero-order valence-corrected chi connectivity index (χ0v) is 60.5. The minimum Gasteiger partial charge on any atom is -0.290 e. The van der Waals surface area contributed by atoms with Crippen molar-refractivity contribution in [1.29, 1.82) is 0 Å². The SMILES string of the molecule is C(=C\c1cccc2c1Sc1cccc3nc(-c4ccccc4)n-2c13)/c1ccccc1.[2H]c1c([2H])c([2H])c(-c2ccc(-c3ccc(-c4cccc5c4Sc4cccc6nc(-c7ccccc7)n-5c46)cc3)cc2)c([2H])c1[2H].c1ccc(-c2nc3cccc4c3n2-c2cccc(-c3nc5ccccc5c5nc6ccccc6n35)c2S4)cc1. The van der Waals surface area contributed by atoms with Gasteiger partial charge >= 0.3 is 0 Å². The summed E-state index contributed by atoms with van der Waals surface area (Å²) < 4.78 is 49.6. The van der Waals surface area contributed by atoms with Crippen LogP contribution in [0.3, 0.4) is 0 Å². The van der Waals surface area contributed by atoms with Gasteiger partial charge in [0.15, 0.2) is 0 Å². The van der Waals surface area contributed by atoms with Gasteiger partial charge in [0.2, 0.25) is 0 Å². The van der Waals surface area contributed by atoms with Gasteiger partial charge in [-0.1, -0.05) is 320 Å². The van der Waals surface area contributed by atoms with E-state index in [0.717, 1.165) is 139 Å². The third-order valence-corrected chi connectivity index (χ3v) is 23.8. The molecule has 9 nitrogen and oxygen atoms in total. The first-order valence-corrected chi connectivity index (χ1v) is 38.4. The predicted octanol–water partition coefficient (Wildman–Crippen LogP) is 25.7. The zero-order chi connectivity index (χ0) is 76.2. The molecule has 15 aromatic carbocycles. The summed E-state index contributed by atoms with van der Waals surface area (Å²) in [6.45, 7) is 0. The summed E-state index contributed by atoms with van der Waals surface area (Å²) in [4.78, 5) is 32.7. The second-order valence-corrected chi connectivity index (χ2v) is 29.9. The molecular weight excluding hydrogens is 1390 g/mol. The monoisotopic (exact) mass is 1450 g/mol. The molecular formula is C97H61N9S3. The molecule has 0 spiro atoms. The number of imidazole rings is 4. The minimum absolute atomic E-state index is 0.197. The molecule has 0 atom stereocenters. The van der Waals surface area contributed by atoms with Crippen LogP contribution in [0.1, 0.15) is 18.0 Å². The maximum Gasteiger partial charge on any atom is 0.149 e. The highest BCUT2D eigenvalue weighted by Crippen LogP contribution is 2.52. The highest BCUT2D eigenvalue weighted by molar-refractivity contribution is 8.00. The third kappa shape index (κ3) is 11.2. The maximum absolute atomic E-state index is 8.30. The number of nitrogens with zero attached hydrogens (tertiary/aromatic N) is 9. The summed E-state index contributed by atoms with van der Waals surface area (Å²) in [5.74, 6) is 3.75. The van der Waals surface area contributed by atoms with Crippen LogP contribution in [0.5, 0.6) is 0 Å². The summed E-state index contributed by atoms with van der Waals surface area (Å²) in [6.07, 6.45) is 4.39. The van der Waals surface area contributed by atoms with Crippen LogP contribution in [0.2, 0.25) is 0 Å². The van der Waals surface area contributed by atoms with Crippen molar-refractivity contribution in [2.45, 2.75) is 29.4 Å². The Morgan fingerprint density at radius 1 is 0.275 bits per heavy atom. The summed E-state index contributed by atoms with van der Waals surface area (Å²) in [5, 5.41) is 1.04. The fourth-order valence-corrected chi connectivity index (χ4v) is 18.8. The van der Waals surface area contributed by atoms with Gasteiger partial charge in [0.25, 0.3) is 0 Å². The van der Waals surface area contributed by atoms with Crippen molar-refractivity contribution in [3.63, 3.8) is 0 Å². The largest absolute Gasteiger partial charge is 0.290 e. The fourth-order valence-electron chi connectivity index (χ4n) is 15.2. The summed E-state index contributed by atoms with van der Waals surface area (Å²) in [6, 6.07) is 111. The number of benzene rings is 15. The predicted molar refractivity (Wildman–Crippen MR) is 451 cm³/mol. The molecule has 0 N–H and O–H groups in total. The van der Waals surface area contributed by atoms with Gasteiger partial charge in [0, 0.05) is 57.0 Å². The Morgan fingerprint density at radius 2 is 0.679 bits per heavy atom. The van der Waals surface area contributed by atoms with Crippen molar-refractivity contribution < 1.29 is 6.85 Å². The van der Waals surface area contributed by atoms with Crippen molar-refractivity contribution >= 4 is 108 Å². The Kier molecular flexibility index (Phi) is 14.5.